The van der Waals surface area contributed by atoms with Crippen LogP contribution in [0.15, 0.2) is 18.2 Å². The van der Waals surface area contributed by atoms with Crippen LogP contribution in [0, 0.1) is 5.41 Å². The van der Waals surface area contributed by atoms with Crippen molar-refractivity contribution in [3.05, 3.63) is 34.6 Å². The third kappa shape index (κ3) is 2.75. The van der Waals surface area contributed by atoms with Gasteiger partial charge in [-0.25, -0.2) is 0 Å². The summed E-state index contributed by atoms with van der Waals surface area (Å²) in [6.07, 6.45) is 0. The SMILES string of the molecule is Cn1nnc(COc2ccc(C(=N)N)cc2Cl)n1. The van der Waals surface area contributed by atoms with E-state index in [4.69, 9.17) is 27.5 Å². The van der Waals surface area contributed by atoms with Crippen molar-refractivity contribution in [2.24, 2.45) is 12.8 Å². The molecule has 0 aliphatic rings. The highest BCUT2D eigenvalue weighted by atomic mass is 35.5. The van der Waals surface area contributed by atoms with E-state index < -0.39 is 0 Å². The predicted octanol–water partition coefficient (Wildman–Crippen LogP) is 0.727. The van der Waals surface area contributed by atoms with E-state index in [0.29, 0.717) is 22.2 Å². The first-order valence-electron chi connectivity index (χ1n) is 5.06. The molecular formula is C10H11ClN6O. The normalized spacial score (nSPS) is 10.3. The highest BCUT2D eigenvalue weighted by molar-refractivity contribution is 6.32. The van der Waals surface area contributed by atoms with Gasteiger partial charge in [-0.15, -0.1) is 10.2 Å². The van der Waals surface area contributed by atoms with Crippen LogP contribution in [0.2, 0.25) is 5.02 Å². The molecule has 94 valence electrons. The topological polar surface area (TPSA) is 103 Å². The average molecular weight is 267 g/mol. The van der Waals surface area contributed by atoms with E-state index in [1.165, 1.54) is 4.80 Å². The van der Waals surface area contributed by atoms with Gasteiger partial charge in [-0.05, 0) is 23.4 Å². The lowest BCUT2D eigenvalue weighted by atomic mass is 10.2. The van der Waals surface area contributed by atoms with Gasteiger partial charge in [-0.1, -0.05) is 11.6 Å². The summed E-state index contributed by atoms with van der Waals surface area (Å²) in [4.78, 5) is 1.35. The van der Waals surface area contributed by atoms with Crippen LogP contribution >= 0.6 is 11.6 Å². The van der Waals surface area contributed by atoms with Crippen LogP contribution in [-0.2, 0) is 13.7 Å². The zero-order valence-corrected chi connectivity index (χ0v) is 10.3. The number of aryl methyl sites for hydroxylation is 1. The first-order valence-corrected chi connectivity index (χ1v) is 5.43. The Kier molecular flexibility index (Phi) is 3.42. The van der Waals surface area contributed by atoms with Crippen LogP contribution in [-0.4, -0.2) is 26.0 Å². The van der Waals surface area contributed by atoms with Crippen LogP contribution < -0.4 is 10.5 Å². The van der Waals surface area contributed by atoms with E-state index in [-0.39, 0.29) is 12.4 Å². The van der Waals surface area contributed by atoms with Gasteiger partial charge in [0.25, 0.3) is 0 Å². The molecule has 0 saturated heterocycles. The van der Waals surface area contributed by atoms with E-state index in [1.807, 2.05) is 0 Å². The number of ether oxygens (including phenoxy) is 1. The van der Waals surface area contributed by atoms with Gasteiger partial charge in [0.1, 0.15) is 11.6 Å². The number of nitrogens with two attached hydrogens (primary N) is 1. The van der Waals surface area contributed by atoms with Gasteiger partial charge >= 0.3 is 0 Å². The molecule has 7 nitrogen and oxygen atoms in total. The average Bonchev–Trinajstić information content (AvgIpc) is 2.73. The lowest BCUT2D eigenvalue weighted by Gasteiger charge is -2.07. The summed E-state index contributed by atoms with van der Waals surface area (Å²) in [6, 6.07) is 4.88. The zero-order chi connectivity index (χ0) is 13.1. The summed E-state index contributed by atoms with van der Waals surface area (Å²) in [5.74, 6) is 0.900. The Morgan fingerprint density at radius 3 is 2.89 bits per heavy atom. The molecule has 0 aliphatic heterocycles. The Balaban J connectivity index is 2.08. The molecule has 18 heavy (non-hydrogen) atoms. The maximum Gasteiger partial charge on any atom is 0.212 e. The molecule has 1 heterocycles. The van der Waals surface area contributed by atoms with Crippen LogP contribution in [0.25, 0.3) is 0 Å². The standard InChI is InChI=1S/C10H11ClN6O/c1-17-15-9(14-16-17)5-18-8-3-2-6(10(12)13)4-7(8)11/h2-4H,5H2,1H3,(H3,12,13). The molecule has 0 aliphatic carbocycles. The Morgan fingerprint density at radius 1 is 1.56 bits per heavy atom. The number of nitrogens with zero attached hydrogens (tertiary/aromatic N) is 4. The van der Waals surface area contributed by atoms with Gasteiger partial charge in [-0.2, -0.15) is 4.80 Å². The Hall–Kier alpha value is -2.15. The molecule has 0 unspecified atom stereocenters. The fourth-order valence-electron chi connectivity index (χ4n) is 1.31. The van der Waals surface area contributed by atoms with E-state index in [1.54, 1.807) is 25.2 Å². The highest BCUT2D eigenvalue weighted by Gasteiger charge is 2.07. The van der Waals surface area contributed by atoms with Gasteiger partial charge < -0.3 is 10.5 Å². The summed E-state index contributed by atoms with van der Waals surface area (Å²) in [5.41, 5.74) is 5.90. The van der Waals surface area contributed by atoms with Crippen molar-refractivity contribution in [2.45, 2.75) is 6.61 Å². The summed E-state index contributed by atoms with van der Waals surface area (Å²) < 4.78 is 5.45. The van der Waals surface area contributed by atoms with Gasteiger partial charge in [0, 0.05) is 5.56 Å². The summed E-state index contributed by atoms with van der Waals surface area (Å²) in [7, 11) is 1.67. The number of amidine groups is 1. The Morgan fingerprint density at radius 2 is 2.33 bits per heavy atom. The van der Waals surface area contributed by atoms with Crippen LogP contribution in [0.3, 0.4) is 0 Å². The van der Waals surface area contributed by atoms with Gasteiger partial charge in [-0.3, -0.25) is 5.41 Å². The fraction of sp³-hybridized carbons (Fsp3) is 0.200. The zero-order valence-electron chi connectivity index (χ0n) is 9.59. The molecular weight excluding hydrogens is 256 g/mol. The first-order chi connectivity index (χ1) is 8.56. The van der Waals surface area contributed by atoms with E-state index >= 15 is 0 Å². The van der Waals surface area contributed by atoms with Crippen molar-refractivity contribution in [1.82, 2.24) is 20.2 Å². The molecule has 0 bridgehead atoms. The molecule has 2 aromatic rings. The van der Waals surface area contributed by atoms with Crippen LogP contribution in [0.1, 0.15) is 11.4 Å². The minimum atomic E-state index is -0.0426. The number of benzene rings is 1. The number of nitrogens with one attached hydrogen (secondary N) is 1. The van der Waals surface area contributed by atoms with Gasteiger partial charge in [0.05, 0.1) is 12.1 Å². The second kappa shape index (κ2) is 5.01. The van der Waals surface area contributed by atoms with Crippen molar-refractivity contribution in [1.29, 1.82) is 5.41 Å². The first kappa shape index (κ1) is 12.3. The van der Waals surface area contributed by atoms with Gasteiger partial charge in [0.2, 0.25) is 5.82 Å². The fourth-order valence-corrected chi connectivity index (χ4v) is 1.54. The molecule has 1 aromatic heterocycles. The Labute approximate surface area is 108 Å². The summed E-state index contributed by atoms with van der Waals surface area (Å²) >= 11 is 6.01. The van der Waals surface area contributed by atoms with E-state index in [9.17, 15) is 0 Å². The quantitative estimate of drug-likeness (QED) is 0.627. The van der Waals surface area contributed by atoms with Crippen LogP contribution in [0.4, 0.5) is 0 Å². The van der Waals surface area contributed by atoms with Crippen molar-refractivity contribution >= 4 is 17.4 Å². The predicted molar refractivity (Wildman–Crippen MR) is 65.6 cm³/mol. The number of halogens is 1. The maximum atomic E-state index is 7.29. The Bertz CT molecular complexity index is 581. The highest BCUT2D eigenvalue weighted by Crippen LogP contribution is 2.25. The molecule has 2 rings (SSSR count). The second-order valence-electron chi connectivity index (χ2n) is 3.54. The lowest BCUT2D eigenvalue weighted by Crippen LogP contribution is -2.10. The molecule has 0 amide bonds. The van der Waals surface area contributed by atoms with Crippen molar-refractivity contribution < 1.29 is 4.74 Å². The third-order valence-electron chi connectivity index (χ3n) is 2.15. The maximum absolute atomic E-state index is 7.29. The number of aromatic nitrogens is 4. The molecule has 0 saturated carbocycles. The van der Waals surface area contributed by atoms with Gasteiger partial charge in [0.15, 0.2) is 6.61 Å². The number of nitrogen functional groups attached to an aromatic ring is 1. The number of hydrogen-bond acceptors (Lipinski definition) is 5. The molecule has 0 fully saturated rings. The van der Waals surface area contributed by atoms with E-state index in [2.05, 4.69) is 15.4 Å². The molecule has 0 radical (unpaired) electrons. The van der Waals surface area contributed by atoms with Crippen LogP contribution in [0.5, 0.6) is 5.75 Å². The van der Waals surface area contributed by atoms with E-state index in [0.717, 1.165) is 0 Å². The number of hydrogen-bond donors (Lipinski definition) is 2. The number of tetrazole rings is 1. The molecule has 3 N–H and O–H groups in total. The second-order valence-corrected chi connectivity index (χ2v) is 3.95. The summed E-state index contributed by atoms with van der Waals surface area (Å²) in [5, 5.41) is 19.1. The lowest BCUT2D eigenvalue weighted by molar-refractivity contribution is 0.295. The van der Waals surface area contributed by atoms with Crippen molar-refractivity contribution in [3.63, 3.8) is 0 Å². The monoisotopic (exact) mass is 266 g/mol. The number of rotatable bonds is 4. The third-order valence-corrected chi connectivity index (χ3v) is 2.44. The smallest absolute Gasteiger partial charge is 0.212 e. The summed E-state index contributed by atoms with van der Waals surface area (Å²) in [6.45, 7) is 0.174. The molecule has 8 heteroatoms. The van der Waals surface area contributed by atoms with Crippen molar-refractivity contribution in [2.75, 3.05) is 0 Å². The largest absolute Gasteiger partial charge is 0.484 e. The molecule has 0 atom stereocenters. The minimum absolute atomic E-state index is 0.0426. The molecule has 1 aromatic carbocycles. The van der Waals surface area contributed by atoms with Crippen molar-refractivity contribution in [3.8, 4) is 5.75 Å². The minimum Gasteiger partial charge on any atom is -0.484 e. The molecule has 0 spiro atoms.